The average Bonchev–Trinajstić information content (AvgIpc) is 2.41. The van der Waals surface area contributed by atoms with Crippen molar-refractivity contribution >= 4 is 11.8 Å². The normalized spacial score (nSPS) is 13.1. The molecule has 0 amide bonds. The van der Waals surface area contributed by atoms with Gasteiger partial charge in [-0.25, -0.2) is 0 Å². The number of thioether (sulfide) groups is 1. The van der Waals surface area contributed by atoms with Crippen LogP contribution in [0.15, 0.2) is 18.2 Å². The molecule has 1 aromatic carbocycles. The molecule has 0 saturated heterocycles. The molecule has 0 fully saturated rings. The SMILES string of the molecule is COc1ccc(C(C)NCCSC(F)(F)F)c(OC)c1. The zero-order valence-corrected chi connectivity index (χ0v) is 12.4. The Morgan fingerprint density at radius 1 is 1.25 bits per heavy atom. The first kappa shape index (κ1) is 17.0. The van der Waals surface area contributed by atoms with Crippen molar-refractivity contribution in [2.24, 2.45) is 0 Å². The molecular formula is C13H18F3NO2S. The zero-order valence-electron chi connectivity index (χ0n) is 11.6. The van der Waals surface area contributed by atoms with Gasteiger partial charge >= 0.3 is 5.51 Å². The molecule has 0 radical (unpaired) electrons. The third-order valence-electron chi connectivity index (χ3n) is 2.73. The lowest BCUT2D eigenvalue weighted by molar-refractivity contribution is -0.0327. The van der Waals surface area contributed by atoms with Crippen LogP contribution in [0.25, 0.3) is 0 Å². The minimum Gasteiger partial charge on any atom is -0.497 e. The standard InChI is InChI=1S/C13H18F3NO2S/c1-9(17-6-7-20-13(14,15)16)11-5-4-10(18-2)8-12(11)19-3/h4-5,8-9,17H,6-7H2,1-3H3. The summed E-state index contributed by atoms with van der Waals surface area (Å²) in [4.78, 5) is 0. The third-order valence-corrected chi connectivity index (χ3v) is 3.46. The molecule has 1 unspecified atom stereocenters. The van der Waals surface area contributed by atoms with E-state index in [0.29, 0.717) is 11.5 Å². The largest absolute Gasteiger partial charge is 0.497 e. The number of rotatable bonds is 7. The minimum absolute atomic E-state index is 0.0215. The van der Waals surface area contributed by atoms with Crippen molar-refractivity contribution in [2.45, 2.75) is 18.5 Å². The fraction of sp³-hybridized carbons (Fsp3) is 0.538. The minimum atomic E-state index is -4.18. The molecule has 20 heavy (non-hydrogen) atoms. The summed E-state index contributed by atoms with van der Waals surface area (Å²) < 4.78 is 46.4. The van der Waals surface area contributed by atoms with Crippen molar-refractivity contribution in [1.29, 1.82) is 0 Å². The fourth-order valence-corrected chi connectivity index (χ4v) is 2.18. The van der Waals surface area contributed by atoms with E-state index in [1.54, 1.807) is 26.4 Å². The molecule has 1 atom stereocenters. The van der Waals surface area contributed by atoms with Crippen molar-refractivity contribution in [3.8, 4) is 11.5 Å². The van der Waals surface area contributed by atoms with Gasteiger partial charge in [-0.3, -0.25) is 0 Å². The van der Waals surface area contributed by atoms with Crippen LogP contribution >= 0.6 is 11.8 Å². The summed E-state index contributed by atoms with van der Waals surface area (Å²) in [7, 11) is 3.11. The predicted octanol–water partition coefficient (Wildman–Crippen LogP) is 3.61. The van der Waals surface area contributed by atoms with E-state index in [4.69, 9.17) is 9.47 Å². The summed E-state index contributed by atoms with van der Waals surface area (Å²) in [5.74, 6) is 1.30. The number of hydrogen-bond donors (Lipinski definition) is 1. The second kappa shape index (κ2) is 7.64. The molecule has 0 aliphatic rings. The van der Waals surface area contributed by atoms with Crippen molar-refractivity contribution < 1.29 is 22.6 Å². The van der Waals surface area contributed by atoms with Crippen molar-refractivity contribution in [3.05, 3.63) is 23.8 Å². The van der Waals surface area contributed by atoms with Gasteiger partial charge in [0.2, 0.25) is 0 Å². The number of nitrogens with one attached hydrogen (secondary N) is 1. The summed E-state index contributed by atoms with van der Waals surface area (Å²) in [5.41, 5.74) is -3.30. The van der Waals surface area contributed by atoms with Gasteiger partial charge in [0.15, 0.2) is 0 Å². The van der Waals surface area contributed by atoms with Crippen molar-refractivity contribution in [1.82, 2.24) is 5.32 Å². The second-order valence-electron chi connectivity index (χ2n) is 4.08. The van der Waals surface area contributed by atoms with E-state index < -0.39 is 5.51 Å². The molecule has 0 saturated carbocycles. The predicted molar refractivity (Wildman–Crippen MR) is 74.5 cm³/mol. The molecule has 0 spiro atoms. The maximum atomic E-state index is 12.0. The lowest BCUT2D eigenvalue weighted by atomic mass is 10.1. The summed E-state index contributed by atoms with van der Waals surface area (Å²) >= 11 is -0.0270. The lowest BCUT2D eigenvalue weighted by Gasteiger charge is -2.18. The first-order chi connectivity index (χ1) is 9.37. The van der Waals surface area contributed by atoms with Crippen LogP contribution in [0, 0.1) is 0 Å². The molecule has 0 aliphatic heterocycles. The van der Waals surface area contributed by atoms with E-state index in [2.05, 4.69) is 5.32 Å². The maximum Gasteiger partial charge on any atom is 0.441 e. The van der Waals surface area contributed by atoms with Gasteiger partial charge in [0, 0.05) is 30.0 Å². The maximum absolute atomic E-state index is 12.0. The van der Waals surface area contributed by atoms with E-state index in [0.717, 1.165) is 5.56 Å². The van der Waals surface area contributed by atoms with E-state index in [-0.39, 0.29) is 30.1 Å². The van der Waals surface area contributed by atoms with Gasteiger partial charge in [-0.15, -0.1) is 0 Å². The number of hydrogen-bond acceptors (Lipinski definition) is 4. The Hall–Kier alpha value is -1.08. The van der Waals surface area contributed by atoms with E-state index in [1.807, 2.05) is 13.0 Å². The molecule has 114 valence electrons. The highest BCUT2D eigenvalue weighted by atomic mass is 32.2. The Bertz CT molecular complexity index is 427. The van der Waals surface area contributed by atoms with Crippen LogP contribution in [0.3, 0.4) is 0 Å². The van der Waals surface area contributed by atoms with Gasteiger partial charge in [-0.2, -0.15) is 13.2 Å². The highest BCUT2D eigenvalue weighted by Crippen LogP contribution is 2.31. The molecule has 0 aliphatic carbocycles. The smallest absolute Gasteiger partial charge is 0.441 e. The van der Waals surface area contributed by atoms with Gasteiger partial charge in [-0.1, -0.05) is 6.07 Å². The number of halogens is 3. The van der Waals surface area contributed by atoms with Crippen molar-refractivity contribution in [3.63, 3.8) is 0 Å². The zero-order chi connectivity index (χ0) is 15.2. The molecule has 1 N–H and O–H groups in total. The molecule has 1 rings (SSSR count). The quantitative estimate of drug-likeness (QED) is 0.780. The molecule has 0 heterocycles. The molecule has 0 aromatic heterocycles. The number of methoxy groups -OCH3 is 2. The van der Waals surface area contributed by atoms with Crippen molar-refractivity contribution in [2.75, 3.05) is 26.5 Å². The first-order valence-electron chi connectivity index (χ1n) is 6.03. The Balaban J connectivity index is 2.56. The van der Waals surface area contributed by atoms with E-state index in [9.17, 15) is 13.2 Å². The Morgan fingerprint density at radius 3 is 2.50 bits per heavy atom. The second-order valence-corrected chi connectivity index (χ2v) is 5.24. The van der Waals surface area contributed by atoms with Gasteiger partial charge in [0.1, 0.15) is 11.5 Å². The Morgan fingerprint density at radius 2 is 1.95 bits per heavy atom. The van der Waals surface area contributed by atoms with E-state index in [1.165, 1.54) is 0 Å². The monoisotopic (exact) mass is 309 g/mol. The first-order valence-corrected chi connectivity index (χ1v) is 7.02. The molecule has 7 heteroatoms. The summed E-state index contributed by atoms with van der Waals surface area (Å²) in [6.07, 6.45) is 0. The summed E-state index contributed by atoms with van der Waals surface area (Å²) in [6, 6.07) is 5.27. The highest BCUT2D eigenvalue weighted by molar-refractivity contribution is 8.00. The Kier molecular flexibility index (Phi) is 6.48. The van der Waals surface area contributed by atoms with Gasteiger partial charge in [0.25, 0.3) is 0 Å². The number of alkyl halides is 3. The third kappa shape index (κ3) is 5.50. The van der Waals surface area contributed by atoms with Crippen LogP contribution in [0.2, 0.25) is 0 Å². The topological polar surface area (TPSA) is 30.5 Å². The molecular weight excluding hydrogens is 291 g/mol. The molecule has 3 nitrogen and oxygen atoms in total. The number of ether oxygens (including phenoxy) is 2. The van der Waals surface area contributed by atoms with Crippen LogP contribution < -0.4 is 14.8 Å². The van der Waals surface area contributed by atoms with Crippen LogP contribution in [0.1, 0.15) is 18.5 Å². The average molecular weight is 309 g/mol. The highest BCUT2D eigenvalue weighted by Gasteiger charge is 2.27. The van der Waals surface area contributed by atoms with Gasteiger partial charge in [0.05, 0.1) is 14.2 Å². The van der Waals surface area contributed by atoms with Crippen LogP contribution in [0.5, 0.6) is 11.5 Å². The summed E-state index contributed by atoms with van der Waals surface area (Å²) in [6.45, 7) is 2.14. The van der Waals surface area contributed by atoms with Gasteiger partial charge < -0.3 is 14.8 Å². The Labute approximate surface area is 120 Å². The van der Waals surface area contributed by atoms with Crippen LogP contribution in [-0.2, 0) is 0 Å². The summed E-state index contributed by atoms with van der Waals surface area (Å²) in [5, 5.41) is 3.04. The number of benzene rings is 1. The van der Waals surface area contributed by atoms with E-state index >= 15 is 0 Å². The molecule has 0 bridgehead atoms. The van der Waals surface area contributed by atoms with Gasteiger partial charge in [-0.05, 0) is 24.8 Å². The van der Waals surface area contributed by atoms with Crippen LogP contribution in [0.4, 0.5) is 13.2 Å². The molecule has 1 aromatic rings. The van der Waals surface area contributed by atoms with Crippen LogP contribution in [-0.4, -0.2) is 32.0 Å². The fourth-order valence-electron chi connectivity index (χ4n) is 1.73. The lowest BCUT2D eigenvalue weighted by Crippen LogP contribution is -2.22.